The average molecular weight is 279 g/mol. The maximum Gasteiger partial charge on any atom is 0.211 e. The van der Waals surface area contributed by atoms with Crippen molar-refractivity contribution in [3.8, 4) is 11.3 Å². The summed E-state index contributed by atoms with van der Waals surface area (Å²) in [6.07, 6.45) is 2.86. The summed E-state index contributed by atoms with van der Waals surface area (Å²) in [5.41, 5.74) is 2.04. The maximum absolute atomic E-state index is 6.02. The first-order chi connectivity index (χ1) is 9.11. The summed E-state index contributed by atoms with van der Waals surface area (Å²) in [5, 5.41) is 4.12. The number of hydrogen-bond acceptors (Lipinski definition) is 3. The van der Waals surface area contributed by atoms with Crippen LogP contribution in [0.25, 0.3) is 11.3 Å². The van der Waals surface area contributed by atoms with Crippen LogP contribution in [0.3, 0.4) is 0 Å². The second kappa shape index (κ2) is 6.22. The first-order valence-electron chi connectivity index (χ1n) is 6.57. The van der Waals surface area contributed by atoms with E-state index in [2.05, 4.69) is 24.1 Å². The van der Waals surface area contributed by atoms with Crippen molar-refractivity contribution >= 4 is 11.6 Å². The van der Waals surface area contributed by atoms with Crippen LogP contribution in [0.5, 0.6) is 0 Å². The zero-order chi connectivity index (χ0) is 13.8. The third-order valence-corrected chi connectivity index (χ3v) is 3.46. The molecule has 0 saturated heterocycles. The van der Waals surface area contributed by atoms with Crippen LogP contribution in [0.15, 0.2) is 28.8 Å². The van der Waals surface area contributed by atoms with Gasteiger partial charge in [-0.2, -0.15) is 0 Å². The molecule has 1 unspecified atom stereocenters. The molecular formula is C15H19ClN2O. The Morgan fingerprint density at radius 1 is 1.42 bits per heavy atom. The molecule has 1 heterocycles. The molecular weight excluding hydrogens is 260 g/mol. The maximum atomic E-state index is 6.02. The molecule has 0 bridgehead atoms. The third kappa shape index (κ3) is 3.37. The van der Waals surface area contributed by atoms with Crippen LogP contribution in [0.1, 0.15) is 37.8 Å². The van der Waals surface area contributed by atoms with Crippen molar-refractivity contribution in [3.63, 3.8) is 0 Å². The van der Waals surface area contributed by atoms with Crippen LogP contribution in [-0.4, -0.2) is 11.5 Å². The highest BCUT2D eigenvalue weighted by molar-refractivity contribution is 6.31. The van der Waals surface area contributed by atoms with Crippen molar-refractivity contribution in [2.45, 2.75) is 33.2 Å². The lowest BCUT2D eigenvalue weighted by atomic mass is 10.1. The van der Waals surface area contributed by atoms with Gasteiger partial charge in [-0.15, -0.1) is 0 Å². The van der Waals surface area contributed by atoms with E-state index in [1.165, 1.54) is 0 Å². The molecule has 4 heteroatoms. The number of aromatic nitrogens is 1. The number of oxazole rings is 1. The molecule has 0 aliphatic carbocycles. The van der Waals surface area contributed by atoms with Crippen molar-refractivity contribution in [1.29, 1.82) is 0 Å². The monoisotopic (exact) mass is 278 g/mol. The fourth-order valence-corrected chi connectivity index (χ4v) is 1.98. The van der Waals surface area contributed by atoms with E-state index in [0.717, 1.165) is 40.8 Å². The Kier molecular flexibility index (Phi) is 4.61. The average Bonchev–Trinajstić information content (AvgIpc) is 2.89. The van der Waals surface area contributed by atoms with Gasteiger partial charge >= 0.3 is 0 Å². The summed E-state index contributed by atoms with van der Waals surface area (Å²) in [5.74, 6) is 1.50. The number of hydrogen-bond donors (Lipinski definition) is 1. The summed E-state index contributed by atoms with van der Waals surface area (Å²) < 4.78 is 5.81. The SMILES string of the molecule is CCCNC(C)c1ncc(-c2ccc(Cl)c(C)c2)o1. The van der Waals surface area contributed by atoms with Crippen molar-refractivity contribution in [1.82, 2.24) is 10.3 Å². The molecule has 3 nitrogen and oxygen atoms in total. The van der Waals surface area contributed by atoms with Crippen molar-refractivity contribution in [3.05, 3.63) is 40.9 Å². The van der Waals surface area contributed by atoms with E-state index >= 15 is 0 Å². The van der Waals surface area contributed by atoms with E-state index < -0.39 is 0 Å². The summed E-state index contributed by atoms with van der Waals surface area (Å²) in [7, 11) is 0. The largest absolute Gasteiger partial charge is 0.439 e. The quantitative estimate of drug-likeness (QED) is 0.883. The van der Waals surface area contributed by atoms with Gasteiger partial charge in [-0.05, 0) is 50.6 Å². The first kappa shape index (κ1) is 14.1. The van der Waals surface area contributed by atoms with Gasteiger partial charge in [0, 0.05) is 10.6 Å². The van der Waals surface area contributed by atoms with Gasteiger partial charge in [-0.3, -0.25) is 0 Å². The van der Waals surface area contributed by atoms with Crippen molar-refractivity contribution < 1.29 is 4.42 Å². The van der Waals surface area contributed by atoms with Gasteiger partial charge in [-0.1, -0.05) is 18.5 Å². The number of nitrogens with one attached hydrogen (secondary N) is 1. The Hall–Kier alpha value is -1.32. The van der Waals surface area contributed by atoms with Gasteiger partial charge in [0.2, 0.25) is 5.89 Å². The molecule has 2 rings (SSSR count). The van der Waals surface area contributed by atoms with E-state index in [4.69, 9.17) is 16.0 Å². The van der Waals surface area contributed by atoms with E-state index in [9.17, 15) is 0 Å². The lowest BCUT2D eigenvalue weighted by Gasteiger charge is -2.08. The minimum absolute atomic E-state index is 0.127. The number of nitrogens with zero attached hydrogens (tertiary/aromatic N) is 1. The van der Waals surface area contributed by atoms with E-state index in [1.807, 2.05) is 25.1 Å². The summed E-state index contributed by atoms with van der Waals surface area (Å²) >= 11 is 6.02. The van der Waals surface area contributed by atoms with Crippen LogP contribution in [0.2, 0.25) is 5.02 Å². The predicted octanol–water partition coefficient (Wildman–Crippen LogP) is 4.36. The lowest BCUT2D eigenvalue weighted by molar-refractivity contribution is 0.423. The molecule has 0 aliphatic heterocycles. The highest BCUT2D eigenvalue weighted by Gasteiger charge is 2.12. The Morgan fingerprint density at radius 2 is 2.21 bits per heavy atom. The molecule has 19 heavy (non-hydrogen) atoms. The van der Waals surface area contributed by atoms with Crippen LogP contribution in [0.4, 0.5) is 0 Å². The second-order valence-electron chi connectivity index (χ2n) is 4.70. The van der Waals surface area contributed by atoms with Gasteiger partial charge in [0.05, 0.1) is 12.2 Å². The standard InChI is InChI=1S/C15H19ClN2O/c1-4-7-17-11(3)15-18-9-14(19-15)12-5-6-13(16)10(2)8-12/h5-6,8-9,11,17H,4,7H2,1-3H3. The fraction of sp³-hybridized carbons (Fsp3) is 0.400. The summed E-state index contributed by atoms with van der Waals surface area (Å²) in [6, 6.07) is 5.97. The summed E-state index contributed by atoms with van der Waals surface area (Å²) in [4.78, 5) is 4.34. The van der Waals surface area contributed by atoms with Gasteiger partial charge < -0.3 is 9.73 Å². The highest BCUT2D eigenvalue weighted by Crippen LogP contribution is 2.26. The van der Waals surface area contributed by atoms with Crippen LogP contribution >= 0.6 is 11.6 Å². The lowest BCUT2D eigenvalue weighted by Crippen LogP contribution is -2.19. The van der Waals surface area contributed by atoms with Gasteiger partial charge in [0.25, 0.3) is 0 Å². The molecule has 0 aliphatic rings. The van der Waals surface area contributed by atoms with Crippen LogP contribution < -0.4 is 5.32 Å². The second-order valence-corrected chi connectivity index (χ2v) is 5.11. The van der Waals surface area contributed by atoms with E-state index in [0.29, 0.717) is 0 Å². The first-order valence-corrected chi connectivity index (χ1v) is 6.95. The molecule has 1 aromatic heterocycles. The van der Waals surface area contributed by atoms with Crippen LogP contribution in [-0.2, 0) is 0 Å². The Morgan fingerprint density at radius 3 is 2.89 bits per heavy atom. The Balaban J connectivity index is 2.18. The number of halogens is 1. The highest BCUT2D eigenvalue weighted by atomic mass is 35.5. The molecule has 1 aromatic carbocycles. The molecule has 0 saturated carbocycles. The Bertz CT molecular complexity index is 551. The summed E-state index contributed by atoms with van der Waals surface area (Å²) in [6.45, 7) is 7.13. The van der Waals surface area contributed by atoms with Gasteiger partial charge in [0.1, 0.15) is 0 Å². The van der Waals surface area contributed by atoms with Crippen molar-refractivity contribution in [2.24, 2.45) is 0 Å². The minimum atomic E-state index is 0.127. The molecule has 1 atom stereocenters. The molecule has 2 aromatic rings. The molecule has 0 fully saturated rings. The van der Waals surface area contributed by atoms with Crippen molar-refractivity contribution in [2.75, 3.05) is 6.54 Å². The zero-order valence-corrected chi connectivity index (χ0v) is 12.3. The number of benzene rings is 1. The number of aryl methyl sites for hydroxylation is 1. The van der Waals surface area contributed by atoms with Crippen LogP contribution in [0, 0.1) is 6.92 Å². The van der Waals surface area contributed by atoms with E-state index in [-0.39, 0.29) is 6.04 Å². The molecule has 102 valence electrons. The fourth-order valence-electron chi connectivity index (χ4n) is 1.87. The predicted molar refractivity (Wildman–Crippen MR) is 78.4 cm³/mol. The van der Waals surface area contributed by atoms with E-state index in [1.54, 1.807) is 6.20 Å². The third-order valence-electron chi connectivity index (χ3n) is 3.04. The van der Waals surface area contributed by atoms with Gasteiger partial charge in [0.15, 0.2) is 5.76 Å². The normalized spacial score (nSPS) is 12.6. The number of rotatable bonds is 5. The smallest absolute Gasteiger partial charge is 0.211 e. The molecule has 1 N–H and O–H groups in total. The molecule has 0 spiro atoms. The molecule has 0 radical (unpaired) electrons. The molecule has 0 amide bonds. The van der Waals surface area contributed by atoms with Gasteiger partial charge in [-0.25, -0.2) is 4.98 Å². The topological polar surface area (TPSA) is 38.1 Å². The Labute approximate surface area is 119 Å². The zero-order valence-electron chi connectivity index (χ0n) is 11.5. The minimum Gasteiger partial charge on any atom is -0.439 e.